The van der Waals surface area contributed by atoms with Gasteiger partial charge in [-0.05, 0) is 43.2 Å². The third-order valence-electron chi connectivity index (χ3n) is 4.36. The molecule has 0 bridgehead atoms. The third kappa shape index (κ3) is 5.17. The minimum Gasteiger partial charge on any atom is -0.382 e. The second-order valence-electron chi connectivity index (χ2n) is 6.61. The summed E-state index contributed by atoms with van der Waals surface area (Å²) in [5.41, 5.74) is 8.73. The van der Waals surface area contributed by atoms with Crippen molar-refractivity contribution >= 4 is 39.0 Å². The van der Waals surface area contributed by atoms with E-state index in [1.807, 2.05) is 31.2 Å². The summed E-state index contributed by atoms with van der Waals surface area (Å²) in [6.45, 7) is 3.93. The molecule has 0 unspecified atom stereocenters. The number of aryl methyl sites for hydroxylation is 2. The van der Waals surface area contributed by atoms with Crippen LogP contribution in [0.15, 0.2) is 69.7 Å². The highest BCUT2D eigenvalue weighted by atomic mass is 32.2. The van der Waals surface area contributed by atoms with Gasteiger partial charge in [0, 0.05) is 5.69 Å². The first-order chi connectivity index (χ1) is 14.3. The molecule has 3 N–H and O–H groups in total. The average molecular weight is 443 g/mol. The number of nitrogens with one attached hydrogen (secondary N) is 1. The number of nitrogen functional groups attached to an aromatic ring is 1. The van der Waals surface area contributed by atoms with Gasteiger partial charge < -0.3 is 11.1 Å². The van der Waals surface area contributed by atoms with Crippen molar-refractivity contribution in [2.75, 3.05) is 16.8 Å². The molecule has 0 radical (unpaired) electrons. The molecule has 0 aliphatic heterocycles. The molecule has 7 nitrogen and oxygen atoms in total. The van der Waals surface area contributed by atoms with Gasteiger partial charge in [-0.1, -0.05) is 48.5 Å². The van der Waals surface area contributed by atoms with Gasteiger partial charge in [0.15, 0.2) is 5.16 Å². The topological polar surface area (TPSA) is 115 Å². The molecule has 0 spiro atoms. The van der Waals surface area contributed by atoms with Crippen molar-refractivity contribution in [2.45, 2.75) is 35.2 Å². The standard InChI is InChI=1S/C21H22N4O3S2/c1-3-15-6-8-16(9-7-15)24-19(26)13-29-21-23-12-18(20(22)25-21)30(27,28)17-10-4-14(2)5-11-17/h4-12H,3,13H2,1-2H3,(H,24,26)(H2,22,23,25). The number of carbonyl (C=O) groups excluding carboxylic acids is 1. The first-order valence-corrected chi connectivity index (χ1v) is 11.7. The number of thioether (sulfide) groups is 1. The molecule has 1 aromatic heterocycles. The molecular formula is C21H22N4O3S2. The van der Waals surface area contributed by atoms with Crippen molar-refractivity contribution in [3.63, 3.8) is 0 Å². The van der Waals surface area contributed by atoms with Crippen LogP contribution in [-0.2, 0) is 21.1 Å². The second kappa shape index (κ2) is 9.27. The fourth-order valence-corrected chi connectivity index (χ4v) is 4.52. The summed E-state index contributed by atoms with van der Waals surface area (Å²) in [6, 6.07) is 14.1. The molecular weight excluding hydrogens is 420 g/mol. The normalized spacial score (nSPS) is 11.3. The quantitative estimate of drug-likeness (QED) is 0.425. The highest BCUT2D eigenvalue weighted by Crippen LogP contribution is 2.26. The third-order valence-corrected chi connectivity index (χ3v) is 7.01. The first-order valence-electron chi connectivity index (χ1n) is 9.25. The van der Waals surface area contributed by atoms with E-state index in [4.69, 9.17) is 5.73 Å². The lowest BCUT2D eigenvalue weighted by Gasteiger charge is -2.09. The Hall–Kier alpha value is -2.91. The number of rotatable bonds is 7. The van der Waals surface area contributed by atoms with Gasteiger partial charge in [0.05, 0.1) is 16.8 Å². The van der Waals surface area contributed by atoms with Gasteiger partial charge in [0.1, 0.15) is 10.7 Å². The Balaban J connectivity index is 1.66. The maximum atomic E-state index is 12.8. The van der Waals surface area contributed by atoms with E-state index in [0.29, 0.717) is 5.69 Å². The largest absolute Gasteiger partial charge is 0.382 e. The number of hydrogen-bond acceptors (Lipinski definition) is 7. The van der Waals surface area contributed by atoms with Crippen molar-refractivity contribution < 1.29 is 13.2 Å². The van der Waals surface area contributed by atoms with Gasteiger partial charge >= 0.3 is 0 Å². The molecule has 156 valence electrons. The maximum absolute atomic E-state index is 12.8. The van der Waals surface area contributed by atoms with Crippen LogP contribution in [0.1, 0.15) is 18.1 Å². The van der Waals surface area contributed by atoms with E-state index < -0.39 is 9.84 Å². The summed E-state index contributed by atoms with van der Waals surface area (Å²) in [5.74, 6) is -0.301. The molecule has 0 fully saturated rings. The monoisotopic (exact) mass is 442 g/mol. The Morgan fingerprint density at radius 1 is 1.10 bits per heavy atom. The fraction of sp³-hybridized carbons (Fsp3) is 0.190. The van der Waals surface area contributed by atoms with Crippen molar-refractivity contribution in [3.8, 4) is 0 Å². The van der Waals surface area contributed by atoms with Gasteiger partial charge in [0.25, 0.3) is 0 Å². The summed E-state index contributed by atoms with van der Waals surface area (Å²) in [6.07, 6.45) is 2.11. The lowest BCUT2D eigenvalue weighted by Crippen LogP contribution is -2.14. The Labute approximate surface area is 180 Å². The van der Waals surface area contributed by atoms with Crippen molar-refractivity contribution in [3.05, 3.63) is 65.9 Å². The Morgan fingerprint density at radius 2 is 1.77 bits per heavy atom. The van der Waals surface area contributed by atoms with Gasteiger partial charge in [-0.3, -0.25) is 4.79 Å². The van der Waals surface area contributed by atoms with Gasteiger partial charge in [-0.15, -0.1) is 0 Å². The minimum absolute atomic E-state index is 0.0685. The number of benzene rings is 2. The maximum Gasteiger partial charge on any atom is 0.234 e. The van der Waals surface area contributed by atoms with Gasteiger partial charge in [-0.25, -0.2) is 18.4 Å². The van der Waals surface area contributed by atoms with Crippen molar-refractivity contribution in [1.29, 1.82) is 0 Å². The van der Waals surface area contributed by atoms with E-state index >= 15 is 0 Å². The number of nitrogens with zero attached hydrogens (tertiary/aromatic N) is 2. The number of nitrogens with two attached hydrogens (primary N) is 1. The predicted molar refractivity (Wildman–Crippen MR) is 118 cm³/mol. The number of carbonyl (C=O) groups is 1. The number of aromatic nitrogens is 2. The van der Waals surface area contributed by atoms with E-state index in [2.05, 4.69) is 22.2 Å². The SMILES string of the molecule is CCc1ccc(NC(=O)CSc2ncc(S(=O)(=O)c3ccc(C)cc3)c(N)n2)cc1. The summed E-state index contributed by atoms with van der Waals surface area (Å²) < 4.78 is 25.5. The Kier molecular flexibility index (Phi) is 6.73. The summed E-state index contributed by atoms with van der Waals surface area (Å²) in [5, 5.41) is 3.03. The summed E-state index contributed by atoms with van der Waals surface area (Å²) >= 11 is 1.08. The van der Waals surface area contributed by atoms with E-state index in [-0.39, 0.29) is 32.4 Å². The zero-order valence-electron chi connectivity index (χ0n) is 16.6. The van der Waals surface area contributed by atoms with E-state index in [1.165, 1.54) is 23.9 Å². The fourth-order valence-electron chi connectivity index (χ4n) is 2.64. The Morgan fingerprint density at radius 3 is 2.37 bits per heavy atom. The molecule has 0 saturated heterocycles. The Bertz CT molecular complexity index is 1150. The molecule has 0 saturated carbocycles. The molecule has 3 rings (SSSR count). The van der Waals surface area contributed by atoms with E-state index in [9.17, 15) is 13.2 Å². The van der Waals surface area contributed by atoms with Crippen molar-refractivity contribution in [1.82, 2.24) is 9.97 Å². The smallest absolute Gasteiger partial charge is 0.234 e. The first kappa shape index (κ1) is 21.8. The lowest BCUT2D eigenvalue weighted by atomic mass is 10.1. The van der Waals surface area contributed by atoms with Crippen LogP contribution < -0.4 is 11.1 Å². The van der Waals surface area contributed by atoms with Crippen LogP contribution in [0.4, 0.5) is 11.5 Å². The minimum atomic E-state index is -3.82. The van der Waals surface area contributed by atoms with Crippen LogP contribution in [0.25, 0.3) is 0 Å². The molecule has 0 aliphatic rings. The van der Waals surface area contributed by atoms with E-state index in [0.717, 1.165) is 23.7 Å². The molecule has 9 heteroatoms. The predicted octanol–water partition coefficient (Wildman–Crippen LogP) is 3.49. The molecule has 2 aromatic carbocycles. The second-order valence-corrected chi connectivity index (χ2v) is 9.47. The van der Waals surface area contributed by atoms with Crippen LogP contribution in [0.3, 0.4) is 0 Å². The molecule has 0 atom stereocenters. The number of anilines is 2. The highest BCUT2D eigenvalue weighted by Gasteiger charge is 2.22. The average Bonchev–Trinajstić information content (AvgIpc) is 2.73. The molecule has 1 amide bonds. The van der Waals surface area contributed by atoms with Crippen molar-refractivity contribution in [2.24, 2.45) is 0 Å². The van der Waals surface area contributed by atoms with Crippen LogP contribution in [0.5, 0.6) is 0 Å². The van der Waals surface area contributed by atoms with Crippen LogP contribution >= 0.6 is 11.8 Å². The molecule has 30 heavy (non-hydrogen) atoms. The zero-order chi connectivity index (χ0) is 21.7. The van der Waals surface area contributed by atoms with Crippen LogP contribution in [0, 0.1) is 6.92 Å². The van der Waals surface area contributed by atoms with Gasteiger partial charge in [0.2, 0.25) is 15.7 Å². The van der Waals surface area contributed by atoms with Gasteiger partial charge in [-0.2, -0.15) is 0 Å². The van der Waals surface area contributed by atoms with Crippen LogP contribution in [-0.4, -0.2) is 30.0 Å². The number of hydrogen-bond donors (Lipinski definition) is 2. The number of amides is 1. The molecule has 1 heterocycles. The summed E-state index contributed by atoms with van der Waals surface area (Å²) in [4.78, 5) is 20.2. The number of sulfone groups is 1. The van der Waals surface area contributed by atoms with Crippen LogP contribution in [0.2, 0.25) is 0 Å². The molecule has 3 aromatic rings. The molecule has 0 aliphatic carbocycles. The highest BCUT2D eigenvalue weighted by molar-refractivity contribution is 7.99. The van der Waals surface area contributed by atoms with E-state index in [1.54, 1.807) is 12.1 Å². The summed E-state index contributed by atoms with van der Waals surface area (Å²) in [7, 11) is -3.82. The zero-order valence-corrected chi connectivity index (χ0v) is 18.3. The lowest BCUT2D eigenvalue weighted by molar-refractivity contribution is -0.113.